The summed E-state index contributed by atoms with van der Waals surface area (Å²) in [7, 11) is 0. The number of hydrogen-bond acceptors (Lipinski definition) is 3. The molecule has 0 amide bonds. The number of nitrogens with zero attached hydrogens (tertiary/aromatic N) is 2. The summed E-state index contributed by atoms with van der Waals surface area (Å²) >= 11 is 3.49. The van der Waals surface area contributed by atoms with Crippen molar-refractivity contribution in [1.29, 1.82) is 0 Å². The molecular weight excluding hydrogens is 444 g/mol. The molecule has 152 valence electrons. The van der Waals surface area contributed by atoms with Gasteiger partial charge in [-0.3, -0.25) is 4.79 Å². The van der Waals surface area contributed by atoms with E-state index < -0.39 is 5.97 Å². The molecule has 4 aromatic rings. The second kappa shape index (κ2) is 9.13. The average molecular weight is 465 g/mol. The van der Waals surface area contributed by atoms with Crippen LogP contribution < -0.4 is 4.74 Å². The Balaban J connectivity index is 1.45. The summed E-state index contributed by atoms with van der Waals surface area (Å²) in [6, 6.07) is 22.0. The fourth-order valence-electron chi connectivity index (χ4n) is 3.34. The standard InChI is InChI=1S/C24H21BrN2O3/c25-20-10-11-22-21(13-20)26-16-27(22)14-19-3-1-2-4-23(19)30-15-18-7-5-17(6-8-18)9-12-24(28)29/h1-8,10-11,13,16H,9,12,14-15H2,(H,28,29). The second-order valence-corrected chi connectivity index (χ2v) is 8.03. The minimum atomic E-state index is -0.780. The molecule has 1 heterocycles. The zero-order valence-electron chi connectivity index (χ0n) is 16.3. The molecule has 0 aliphatic carbocycles. The number of halogens is 1. The number of ether oxygens (including phenoxy) is 1. The molecule has 0 saturated carbocycles. The first-order valence-corrected chi connectivity index (χ1v) is 10.5. The Morgan fingerprint density at radius 2 is 1.80 bits per heavy atom. The largest absolute Gasteiger partial charge is 0.489 e. The van der Waals surface area contributed by atoms with Gasteiger partial charge in [0, 0.05) is 16.5 Å². The predicted molar refractivity (Wildman–Crippen MR) is 120 cm³/mol. The third-order valence-electron chi connectivity index (χ3n) is 4.94. The van der Waals surface area contributed by atoms with E-state index in [9.17, 15) is 4.79 Å². The lowest BCUT2D eigenvalue weighted by atomic mass is 10.1. The van der Waals surface area contributed by atoms with Crippen LogP contribution in [0.3, 0.4) is 0 Å². The van der Waals surface area contributed by atoms with Gasteiger partial charge < -0.3 is 14.4 Å². The summed E-state index contributed by atoms with van der Waals surface area (Å²) in [5.74, 6) is 0.0590. The molecule has 1 N–H and O–H groups in total. The van der Waals surface area contributed by atoms with Gasteiger partial charge in [-0.05, 0) is 41.8 Å². The Labute approximate surface area is 183 Å². The Hall–Kier alpha value is -3.12. The molecule has 0 aliphatic heterocycles. The first kappa shape index (κ1) is 20.2. The van der Waals surface area contributed by atoms with Gasteiger partial charge in [-0.2, -0.15) is 0 Å². The zero-order valence-corrected chi connectivity index (χ0v) is 17.9. The van der Waals surface area contributed by atoms with E-state index in [1.807, 2.05) is 60.9 Å². The summed E-state index contributed by atoms with van der Waals surface area (Å²) in [4.78, 5) is 15.2. The lowest BCUT2D eigenvalue weighted by molar-refractivity contribution is -0.136. The van der Waals surface area contributed by atoms with E-state index in [1.54, 1.807) is 0 Å². The van der Waals surface area contributed by atoms with Gasteiger partial charge in [-0.15, -0.1) is 0 Å². The Morgan fingerprint density at radius 3 is 2.60 bits per heavy atom. The number of aryl methyl sites for hydroxylation is 1. The maximum absolute atomic E-state index is 10.7. The third-order valence-corrected chi connectivity index (χ3v) is 5.43. The SMILES string of the molecule is O=C(O)CCc1ccc(COc2ccccc2Cn2cnc3cc(Br)ccc32)cc1. The number of carboxylic acids is 1. The van der Waals surface area contributed by atoms with E-state index in [1.165, 1.54) is 0 Å². The van der Waals surface area contributed by atoms with Crippen LogP contribution in [0.1, 0.15) is 23.1 Å². The normalized spacial score (nSPS) is 11.0. The molecule has 4 rings (SSSR count). The van der Waals surface area contributed by atoms with Crippen molar-refractivity contribution in [2.24, 2.45) is 0 Å². The molecule has 30 heavy (non-hydrogen) atoms. The maximum atomic E-state index is 10.7. The number of aromatic nitrogens is 2. The van der Waals surface area contributed by atoms with Gasteiger partial charge in [-0.25, -0.2) is 4.98 Å². The number of fused-ring (bicyclic) bond motifs is 1. The Morgan fingerprint density at radius 1 is 1.03 bits per heavy atom. The number of hydrogen-bond donors (Lipinski definition) is 1. The Bertz CT molecular complexity index is 1170. The van der Waals surface area contributed by atoms with Crippen LogP contribution >= 0.6 is 15.9 Å². The highest BCUT2D eigenvalue weighted by molar-refractivity contribution is 9.10. The fraction of sp³-hybridized carbons (Fsp3) is 0.167. The monoisotopic (exact) mass is 464 g/mol. The van der Waals surface area contributed by atoms with E-state index in [0.717, 1.165) is 37.9 Å². The van der Waals surface area contributed by atoms with Crippen molar-refractivity contribution < 1.29 is 14.6 Å². The number of aliphatic carboxylic acids is 1. The number of para-hydroxylation sites is 1. The second-order valence-electron chi connectivity index (χ2n) is 7.11. The molecule has 1 aromatic heterocycles. The number of benzene rings is 3. The van der Waals surface area contributed by atoms with Crippen molar-refractivity contribution in [2.75, 3.05) is 0 Å². The highest BCUT2D eigenvalue weighted by atomic mass is 79.9. The summed E-state index contributed by atoms with van der Waals surface area (Å²) in [5.41, 5.74) is 5.16. The lowest BCUT2D eigenvalue weighted by Gasteiger charge is -2.13. The molecule has 0 saturated heterocycles. The molecule has 0 aliphatic rings. The minimum Gasteiger partial charge on any atom is -0.489 e. The van der Waals surface area contributed by atoms with Crippen molar-refractivity contribution in [2.45, 2.75) is 26.0 Å². The van der Waals surface area contributed by atoms with Gasteiger partial charge in [0.2, 0.25) is 0 Å². The average Bonchev–Trinajstić information content (AvgIpc) is 3.14. The predicted octanol–water partition coefficient (Wildman–Crippen LogP) is 5.44. The number of carbonyl (C=O) groups is 1. The molecule has 0 bridgehead atoms. The van der Waals surface area contributed by atoms with Gasteiger partial charge in [0.05, 0.1) is 23.9 Å². The maximum Gasteiger partial charge on any atom is 0.303 e. The van der Waals surface area contributed by atoms with Crippen molar-refractivity contribution in [1.82, 2.24) is 9.55 Å². The smallest absolute Gasteiger partial charge is 0.303 e. The van der Waals surface area contributed by atoms with Crippen LogP contribution in [0.15, 0.2) is 77.5 Å². The molecule has 0 radical (unpaired) electrons. The first-order chi connectivity index (χ1) is 14.6. The van der Waals surface area contributed by atoms with Gasteiger partial charge in [0.25, 0.3) is 0 Å². The van der Waals surface area contributed by atoms with E-state index >= 15 is 0 Å². The minimum absolute atomic E-state index is 0.142. The van der Waals surface area contributed by atoms with Crippen molar-refractivity contribution >= 4 is 32.9 Å². The third kappa shape index (κ3) is 4.89. The summed E-state index contributed by atoms with van der Waals surface area (Å²) in [6.07, 6.45) is 2.53. The van der Waals surface area contributed by atoms with Crippen molar-refractivity contribution in [3.05, 3.63) is 94.2 Å². The van der Waals surface area contributed by atoms with Crippen molar-refractivity contribution in [3.8, 4) is 5.75 Å². The number of carboxylic acid groups (broad SMARTS) is 1. The molecule has 0 atom stereocenters. The summed E-state index contributed by atoms with van der Waals surface area (Å²) in [6.45, 7) is 1.12. The fourth-order valence-corrected chi connectivity index (χ4v) is 3.69. The molecule has 0 fully saturated rings. The van der Waals surface area contributed by atoms with Crippen LogP contribution in [-0.2, 0) is 24.4 Å². The highest BCUT2D eigenvalue weighted by Gasteiger charge is 2.08. The van der Waals surface area contributed by atoms with E-state index in [2.05, 4.69) is 37.6 Å². The van der Waals surface area contributed by atoms with Crippen LogP contribution in [0.4, 0.5) is 0 Å². The van der Waals surface area contributed by atoms with E-state index in [4.69, 9.17) is 9.84 Å². The van der Waals surface area contributed by atoms with Crippen LogP contribution in [0.5, 0.6) is 5.75 Å². The summed E-state index contributed by atoms with van der Waals surface area (Å²) in [5, 5.41) is 8.80. The highest BCUT2D eigenvalue weighted by Crippen LogP contribution is 2.24. The van der Waals surface area contributed by atoms with E-state index in [0.29, 0.717) is 19.6 Å². The zero-order chi connectivity index (χ0) is 20.9. The van der Waals surface area contributed by atoms with Crippen LogP contribution in [-0.4, -0.2) is 20.6 Å². The molecule has 0 unspecified atom stereocenters. The number of rotatable bonds is 8. The van der Waals surface area contributed by atoms with Gasteiger partial charge >= 0.3 is 5.97 Å². The molecule has 0 spiro atoms. The molecule has 6 heteroatoms. The van der Waals surface area contributed by atoms with Crippen LogP contribution in [0, 0.1) is 0 Å². The van der Waals surface area contributed by atoms with E-state index in [-0.39, 0.29) is 6.42 Å². The summed E-state index contributed by atoms with van der Waals surface area (Å²) < 4.78 is 9.23. The number of imidazole rings is 1. The van der Waals surface area contributed by atoms with Crippen molar-refractivity contribution in [3.63, 3.8) is 0 Å². The molecule has 5 nitrogen and oxygen atoms in total. The van der Waals surface area contributed by atoms with Gasteiger partial charge in [0.1, 0.15) is 12.4 Å². The molecule has 3 aromatic carbocycles. The lowest BCUT2D eigenvalue weighted by Crippen LogP contribution is -2.03. The van der Waals surface area contributed by atoms with Gasteiger partial charge in [-0.1, -0.05) is 58.4 Å². The van der Waals surface area contributed by atoms with Crippen LogP contribution in [0.25, 0.3) is 11.0 Å². The molecular formula is C24H21BrN2O3. The van der Waals surface area contributed by atoms with Crippen LogP contribution in [0.2, 0.25) is 0 Å². The first-order valence-electron chi connectivity index (χ1n) is 9.69. The van der Waals surface area contributed by atoms with Gasteiger partial charge in [0.15, 0.2) is 0 Å². The quantitative estimate of drug-likeness (QED) is 0.376. The topological polar surface area (TPSA) is 64.3 Å². The Kier molecular flexibility index (Phi) is 6.14.